The second-order valence-electron chi connectivity index (χ2n) is 4.94. The van der Waals surface area contributed by atoms with Crippen LogP contribution < -0.4 is 0 Å². The summed E-state index contributed by atoms with van der Waals surface area (Å²) in [5.74, 6) is 0. The Balaban J connectivity index is 2.94. The van der Waals surface area contributed by atoms with Crippen LogP contribution in [0, 0.1) is 13.8 Å². The Bertz CT molecular complexity index is 146. The van der Waals surface area contributed by atoms with Gasteiger partial charge >= 0.3 is 0 Å². The van der Waals surface area contributed by atoms with E-state index < -0.39 is 0 Å². The van der Waals surface area contributed by atoms with Gasteiger partial charge in [0, 0.05) is 0 Å². The molecule has 17 heavy (non-hydrogen) atoms. The molecule has 0 N–H and O–H groups in total. The van der Waals surface area contributed by atoms with Crippen molar-refractivity contribution in [1.29, 1.82) is 0 Å². The Morgan fingerprint density at radius 2 is 0.941 bits per heavy atom. The number of hydrogen-bond acceptors (Lipinski definition) is 0. The third-order valence-corrected chi connectivity index (χ3v) is 3.16. The standard InChI is InChI=1S/C17H32/c1-3-5-7-9-11-13-15-17-16-14-12-10-8-6-4-2/h7,9H,1-6,8,10-17H2/b9-7+. The van der Waals surface area contributed by atoms with Crippen LogP contribution in [0.25, 0.3) is 0 Å². The zero-order valence-electron chi connectivity index (χ0n) is 11.8. The minimum atomic E-state index is 1.03. The summed E-state index contributed by atoms with van der Waals surface area (Å²) >= 11 is 0. The zero-order valence-corrected chi connectivity index (χ0v) is 11.8. The molecule has 0 bridgehead atoms. The maximum absolute atomic E-state index is 3.87. The van der Waals surface area contributed by atoms with E-state index in [2.05, 4.69) is 26.0 Å². The number of unbranched alkanes of at least 4 members (excludes halogenated alkanes) is 11. The number of hydrogen-bond donors (Lipinski definition) is 0. The van der Waals surface area contributed by atoms with Crippen molar-refractivity contribution < 1.29 is 0 Å². The molecule has 0 atom stereocenters. The first-order chi connectivity index (χ1) is 8.41. The summed E-state index contributed by atoms with van der Waals surface area (Å²) in [6, 6.07) is 0. The van der Waals surface area contributed by atoms with E-state index >= 15 is 0 Å². The molecule has 0 nitrogen and oxygen atoms in total. The van der Waals surface area contributed by atoms with E-state index in [9.17, 15) is 0 Å². The molecule has 0 amide bonds. The molecule has 2 radical (unpaired) electrons. The van der Waals surface area contributed by atoms with E-state index in [1.165, 1.54) is 64.2 Å². The molecule has 0 aliphatic heterocycles. The molecule has 0 aromatic rings. The first kappa shape index (κ1) is 16.7. The Morgan fingerprint density at radius 3 is 1.47 bits per heavy atom. The third-order valence-electron chi connectivity index (χ3n) is 3.16. The Morgan fingerprint density at radius 1 is 0.471 bits per heavy atom. The van der Waals surface area contributed by atoms with Gasteiger partial charge in [-0.1, -0.05) is 83.8 Å². The first-order valence-electron chi connectivity index (χ1n) is 7.65. The van der Waals surface area contributed by atoms with Gasteiger partial charge in [-0.25, -0.2) is 0 Å². The van der Waals surface area contributed by atoms with Crippen LogP contribution in [-0.4, -0.2) is 0 Å². The summed E-state index contributed by atoms with van der Waals surface area (Å²) < 4.78 is 0. The topological polar surface area (TPSA) is 0 Å². The highest BCUT2D eigenvalue weighted by molar-refractivity contribution is 4.81. The molecule has 0 aliphatic rings. The van der Waals surface area contributed by atoms with Gasteiger partial charge < -0.3 is 0 Å². The predicted octanol–water partition coefficient (Wildman–Crippen LogP) is 6.28. The lowest BCUT2D eigenvalue weighted by molar-refractivity contribution is 0.561. The van der Waals surface area contributed by atoms with E-state index in [0.717, 1.165) is 19.3 Å². The molecule has 0 saturated heterocycles. The highest BCUT2D eigenvalue weighted by Gasteiger charge is 1.91. The molecule has 0 aliphatic carbocycles. The molecule has 100 valence electrons. The average molecular weight is 236 g/mol. The summed E-state index contributed by atoms with van der Waals surface area (Å²) in [6.07, 6.45) is 21.8. The van der Waals surface area contributed by atoms with Gasteiger partial charge in [0.1, 0.15) is 0 Å². The molecule has 0 fully saturated rings. The lowest BCUT2D eigenvalue weighted by Crippen LogP contribution is -1.81. The van der Waals surface area contributed by atoms with Gasteiger partial charge in [-0.3, -0.25) is 0 Å². The van der Waals surface area contributed by atoms with Crippen LogP contribution in [0.4, 0.5) is 0 Å². The van der Waals surface area contributed by atoms with Crippen molar-refractivity contribution in [2.45, 2.75) is 83.5 Å². The minimum absolute atomic E-state index is 1.03. The molecule has 0 heterocycles. The van der Waals surface area contributed by atoms with Gasteiger partial charge in [-0.05, 0) is 25.7 Å². The van der Waals surface area contributed by atoms with Crippen molar-refractivity contribution >= 4 is 0 Å². The van der Waals surface area contributed by atoms with Gasteiger partial charge in [-0.2, -0.15) is 0 Å². The van der Waals surface area contributed by atoms with Crippen molar-refractivity contribution in [1.82, 2.24) is 0 Å². The van der Waals surface area contributed by atoms with E-state index in [-0.39, 0.29) is 0 Å². The lowest BCUT2D eigenvalue weighted by Gasteiger charge is -2.01. The van der Waals surface area contributed by atoms with Gasteiger partial charge in [0.15, 0.2) is 0 Å². The highest BCUT2D eigenvalue weighted by atomic mass is 14.0. The SMILES string of the molecule is [CH2]CC/C=C/CCCCCCCCCCC[CH2]. The van der Waals surface area contributed by atoms with E-state index in [4.69, 9.17) is 0 Å². The Hall–Kier alpha value is -0.260. The smallest absolute Gasteiger partial charge is 0.0351 e. The van der Waals surface area contributed by atoms with Crippen molar-refractivity contribution in [3.05, 3.63) is 26.0 Å². The van der Waals surface area contributed by atoms with Crippen LogP contribution in [0.5, 0.6) is 0 Å². The van der Waals surface area contributed by atoms with Crippen molar-refractivity contribution in [3.8, 4) is 0 Å². The molecular formula is C17H32. The molecule has 0 saturated carbocycles. The molecule has 0 heteroatoms. The summed E-state index contributed by atoms with van der Waals surface area (Å²) in [4.78, 5) is 0. The van der Waals surface area contributed by atoms with Crippen LogP contribution >= 0.6 is 0 Å². The fourth-order valence-corrected chi connectivity index (χ4v) is 2.03. The first-order valence-corrected chi connectivity index (χ1v) is 7.65. The van der Waals surface area contributed by atoms with Crippen molar-refractivity contribution in [3.63, 3.8) is 0 Å². The number of allylic oxidation sites excluding steroid dienone is 2. The molecule has 0 rings (SSSR count). The molecule has 0 spiro atoms. The number of rotatable bonds is 13. The molecule has 0 unspecified atom stereocenters. The quantitative estimate of drug-likeness (QED) is 0.261. The molecule has 0 aromatic carbocycles. The fraction of sp³-hybridized carbons (Fsp3) is 0.765. The largest absolute Gasteiger partial charge is 0.0885 e. The minimum Gasteiger partial charge on any atom is -0.0885 e. The molecular weight excluding hydrogens is 204 g/mol. The highest BCUT2D eigenvalue weighted by Crippen LogP contribution is 2.11. The van der Waals surface area contributed by atoms with Crippen LogP contribution in [0.15, 0.2) is 12.2 Å². The maximum atomic E-state index is 3.87. The van der Waals surface area contributed by atoms with Crippen LogP contribution in [0.3, 0.4) is 0 Å². The molecule has 0 aromatic heterocycles. The van der Waals surface area contributed by atoms with E-state index in [1.54, 1.807) is 0 Å². The van der Waals surface area contributed by atoms with Crippen molar-refractivity contribution in [2.24, 2.45) is 0 Å². The second kappa shape index (κ2) is 15.7. The third kappa shape index (κ3) is 15.7. The second-order valence-corrected chi connectivity index (χ2v) is 4.94. The van der Waals surface area contributed by atoms with Crippen molar-refractivity contribution in [2.75, 3.05) is 0 Å². The van der Waals surface area contributed by atoms with Crippen LogP contribution in [0.1, 0.15) is 83.5 Å². The van der Waals surface area contributed by atoms with Crippen LogP contribution in [-0.2, 0) is 0 Å². The summed E-state index contributed by atoms with van der Waals surface area (Å²) in [5, 5.41) is 0. The lowest BCUT2D eigenvalue weighted by atomic mass is 10.1. The predicted molar refractivity (Wildman–Crippen MR) is 79.9 cm³/mol. The summed E-state index contributed by atoms with van der Waals surface area (Å²) in [5.41, 5.74) is 0. The van der Waals surface area contributed by atoms with Gasteiger partial charge in [0.05, 0.1) is 0 Å². The Kier molecular flexibility index (Phi) is 15.5. The van der Waals surface area contributed by atoms with Gasteiger partial charge in [0.2, 0.25) is 0 Å². The van der Waals surface area contributed by atoms with Gasteiger partial charge in [-0.15, -0.1) is 0 Å². The van der Waals surface area contributed by atoms with E-state index in [0.29, 0.717) is 0 Å². The van der Waals surface area contributed by atoms with Gasteiger partial charge in [0.25, 0.3) is 0 Å². The summed E-state index contributed by atoms with van der Waals surface area (Å²) in [7, 11) is 0. The monoisotopic (exact) mass is 236 g/mol. The van der Waals surface area contributed by atoms with Crippen LogP contribution in [0.2, 0.25) is 0 Å². The van der Waals surface area contributed by atoms with E-state index in [1.807, 2.05) is 0 Å². The Labute approximate surface area is 110 Å². The maximum Gasteiger partial charge on any atom is -0.0351 e. The fourth-order valence-electron chi connectivity index (χ4n) is 2.03. The normalized spacial score (nSPS) is 11.4. The summed E-state index contributed by atoms with van der Waals surface area (Å²) in [6.45, 7) is 7.70. The zero-order chi connectivity index (χ0) is 12.6. The average Bonchev–Trinajstić information content (AvgIpc) is 2.35.